The first kappa shape index (κ1) is 11.7. The van der Waals surface area contributed by atoms with Crippen LogP contribution in [0.5, 0.6) is 0 Å². The van der Waals surface area contributed by atoms with Crippen LogP contribution in [0.15, 0.2) is 0 Å². The van der Waals surface area contributed by atoms with Gasteiger partial charge in [-0.25, -0.2) is 0 Å². The summed E-state index contributed by atoms with van der Waals surface area (Å²) >= 11 is 0. The van der Waals surface area contributed by atoms with Crippen LogP contribution in [0.25, 0.3) is 0 Å². The average molecular weight is 132 g/mol. The van der Waals surface area contributed by atoms with Gasteiger partial charge in [0.2, 0.25) is 0 Å². The van der Waals surface area contributed by atoms with E-state index in [1.807, 2.05) is 14.1 Å². The van der Waals surface area contributed by atoms with Gasteiger partial charge in [-0.05, 0) is 26.9 Å². The molecule has 3 N–H and O–H groups in total. The fraction of sp³-hybridized carbons (Fsp3) is 1.00. The molecule has 2 heteroatoms. The maximum absolute atomic E-state index is 5.47. The van der Waals surface area contributed by atoms with Crippen molar-refractivity contribution < 1.29 is 0 Å². The molecule has 0 aromatic carbocycles. The summed E-state index contributed by atoms with van der Waals surface area (Å²) in [5.41, 5.74) is 5.47. The molecule has 0 atom stereocenters. The topological polar surface area (TPSA) is 38.0 Å². The lowest BCUT2D eigenvalue weighted by Crippen LogP contribution is -2.16. The molecule has 0 bridgehead atoms. The summed E-state index contributed by atoms with van der Waals surface area (Å²) in [6.07, 6.45) is 2.22. The predicted octanol–water partition coefficient (Wildman–Crippen LogP) is 0.969. The smallest absolute Gasteiger partial charge is 0.00335 e. The maximum Gasteiger partial charge on any atom is 0.00335 e. The van der Waals surface area contributed by atoms with Crippen molar-refractivity contribution in [3.05, 3.63) is 0 Å². The zero-order valence-corrected chi connectivity index (χ0v) is 7.07. The van der Waals surface area contributed by atoms with Gasteiger partial charge in [0.15, 0.2) is 0 Å². The van der Waals surface area contributed by atoms with Gasteiger partial charge in [-0.1, -0.05) is 13.8 Å². The van der Waals surface area contributed by atoms with Crippen molar-refractivity contribution >= 4 is 0 Å². The van der Waals surface area contributed by atoms with E-state index in [9.17, 15) is 0 Å². The van der Waals surface area contributed by atoms with Crippen LogP contribution in [0, 0.1) is 0 Å². The lowest BCUT2D eigenvalue weighted by molar-refractivity contribution is 0.629. The van der Waals surface area contributed by atoms with Crippen molar-refractivity contribution in [1.82, 2.24) is 5.32 Å². The molecule has 0 heterocycles. The molecule has 9 heavy (non-hydrogen) atoms. The molecule has 0 aromatic heterocycles. The Labute approximate surface area is 58.8 Å². The van der Waals surface area contributed by atoms with Gasteiger partial charge in [0.25, 0.3) is 0 Å². The highest BCUT2D eigenvalue weighted by Crippen LogP contribution is 1.88. The van der Waals surface area contributed by atoms with Gasteiger partial charge in [0, 0.05) is 6.04 Å². The van der Waals surface area contributed by atoms with Gasteiger partial charge in [0.05, 0.1) is 0 Å². The number of nitrogens with two attached hydrogens (primary N) is 1. The summed E-state index contributed by atoms with van der Waals surface area (Å²) in [4.78, 5) is 0. The Morgan fingerprint density at radius 3 is 1.44 bits per heavy atom. The summed E-state index contributed by atoms with van der Waals surface area (Å²) in [5.74, 6) is 0. The maximum atomic E-state index is 5.47. The van der Waals surface area contributed by atoms with Crippen molar-refractivity contribution in [2.75, 3.05) is 14.1 Å². The fourth-order valence-electron chi connectivity index (χ4n) is 0.289. The van der Waals surface area contributed by atoms with Gasteiger partial charge in [-0.3, -0.25) is 0 Å². The van der Waals surface area contributed by atoms with E-state index in [0.717, 1.165) is 12.8 Å². The third kappa shape index (κ3) is 18.1. The second-order valence-electron chi connectivity index (χ2n) is 2.08. The molecule has 0 amide bonds. The lowest BCUT2D eigenvalue weighted by Gasteiger charge is -1.99. The molecule has 0 aliphatic heterocycles. The van der Waals surface area contributed by atoms with E-state index in [2.05, 4.69) is 19.2 Å². The summed E-state index contributed by atoms with van der Waals surface area (Å²) in [7, 11) is 3.75. The minimum atomic E-state index is 0.435. The third-order valence-corrected chi connectivity index (χ3v) is 1.05. The summed E-state index contributed by atoms with van der Waals surface area (Å²) in [5, 5.41) is 2.75. The Kier molecular flexibility index (Phi) is 14.0. The van der Waals surface area contributed by atoms with E-state index >= 15 is 0 Å². The van der Waals surface area contributed by atoms with E-state index in [-0.39, 0.29) is 0 Å². The van der Waals surface area contributed by atoms with Crippen LogP contribution in [0.4, 0.5) is 0 Å². The van der Waals surface area contributed by atoms with Crippen molar-refractivity contribution in [3.63, 3.8) is 0 Å². The first-order chi connectivity index (χ1) is 4.22. The van der Waals surface area contributed by atoms with Crippen molar-refractivity contribution in [2.45, 2.75) is 32.7 Å². The first-order valence-corrected chi connectivity index (χ1v) is 3.56. The van der Waals surface area contributed by atoms with Crippen LogP contribution >= 0.6 is 0 Å². The second-order valence-corrected chi connectivity index (χ2v) is 2.08. The number of hydrogen-bond donors (Lipinski definition) is 2. The van der Waals surface area contributed by atoms with Gasteiger partial charge < -0.3 is 11.1 Å². The normalized spacial score (nSPS) is 8.67. The Morgan fingerprint density at radius 2 is 1.44 bits per heavy atom. The van der Waals surface area contributed by atoms with Gasteiger partial charge in [-0.15, -0.1) is 0 Å². The van der Waals surface area contributed by atoms with E-state index in [1.54, 1.807) is 0 Å². The molecular weight excluding hydrogens is 112 g/mol. The summed E-state index contributed by atoms with van der Waals surface area (Å²) in [6, 6.07) is 0.435. The highest BCUT2D eigenvalue weighted by molar-refractivity contribution is 4.51. The SMILES string of the molecule is CCC(N)CC.CNC. The molecule has 0 unspecified atom stereocenters. The van der Waals surface area contributed by atoms with Crippen molar-refractivity contribution in [2.24, 2.45) is 5.73 Å². The zero-order valence-electron chi connectivity index (χ0n) is 7.07. The van der Waals surface area contributed by atoms with Crippen LogP contribution in [0.1, 0.15) is 26.7 Å². The molecular formula is C7H20N2. The lowest BCUT2D eigenvalue weighted by atomic mass is 10.2. The molecule has 0 rings (SSSR count). The minimum absolute atomic E-state index is 0.435. The Hall–Kier alpha value is -0.0800. The van der Waals surface area contributed by atoms with E-state index in [0.29, 0.717) is 6.04 Å². The van der Waals surface area contributed by atoms with Gasteiger partial charge in [0.1, 0.15) is 0 Å². The van der Waals surface area contributed by atoms with Crippen molar-refractivity contribution in [3.8, 4) is 0 Å². The highest BCUT2D eigenvalue weighted by atomic mass is 14.7. The monoisotopic (exact) mass is 132 g/mol. The van der Waals surface area contributed by atoms with E-state index < -0.39 is 0 Å². The molecule has 0 aliphatic rings. The van der Waals surface area contributed by atoms with Gasteiger partial charge in [-0.2, -0.15) is 0 Å². The standard InChI is InChI=1S/C5H13N.C2H7N/c1-3-5(6)4-2;1-3-2/h5H,3-4,6H2,1-2H3;3H,1-2H3. The molecule has 58 valence electrons. The fourth-order valence-corrected chi connectivity index (χ4v) is 0.289. The van der Waals surface area contributed by atoms with Crippen LogP contribution in [0.3, 0.4) is 0 Å². The molecule has 0 radical (unpaired) electrons. The number of hydrogen-bond acceptors (Lipinski definition) is 2. The van der Waals surface area contributed by atoms with Crippen LogP contribution < -0.4 is 11.1 Å². The average Bonchev–Trinajstić information content (AvgIpc) is 1.88. The summed E-state index contributed by atoms with van der Waals surface area (Å²) < 4.78 is 0. The molecule has 0 aromatic rings. The number of nitrogens with one attached hydrogen (secondary N) is 1. The van der Waals surface area contributed by atoms with Crippen LogP contribution in [0.2, 0.25) is 0 Å². The number of rotatable bonds is 2. The van der Waals surface area contributed by atoms with Crippen molar-refractivity contribution in [1.29, 1.82) is 0 Å². The van der Waals surface area contributed by atoms with E-state index in [4.69, 9.17) is 5.73 Å². The Balaban J connectivity index is 0. The van der Waals surface area contributed by atoms with E-state index in [1.165, 1.54) is 0 Å². The third-order valence-electron chi connectivity index (χ3n) is 1.05. The van der Waals surface area contributed by atoms with Crippen LogP contribution in [-0.2, 0) is 0 Å². The molecule has 0 spiro atoms. The molecule has 0 saturated heterocycles. The molecule has 0 fully saturated rings. The quantitative estimate of drug-likeness (QED) is 0.587. The second kappa shape index (κ2) is 10.8. The molecule has 2 nitrogen and oxygen atoms in total. The molecule has 0 saturated carbocycles. The minimum Gasteiger partial charge on any atom is -0.328 e. The van der Waals surface area contributed by atoms with Crippen LogP contribution in [-0.4, -0.2) is 20.1 Å². The largest absolute Gasteiger partial charge is 0.328 e. The highest BCUT2D eigenvalue weighted by Gasteiger charge is 1.88. The molecule has 0 aliphatic carbocycles. The first-order valence-electron chi connectivity index (χ1n) is 3.56. The van der Waals surface area contributed by atoms with Gasteiger partial charge >= 0.3 is 0 Å². The zero-order chi connectivity index (χ0) is 7.70. The Morgan fingerprint density at radius 1 is 1.22 bits per heavy atom. The summed E-state index contributed by atoms with van der Waals surface area (Å²) in [6.45, 7) is 4.21. The Bertz CT molecular complexity index is 33.9. The predicted molar refractivity (Wildman–Crippen MR) is 43.5 cm³/mol.